The predicted molar refractivity (Wildman–Crippen MR) is 103 cm³/mol. The van der Waals surface area contributed by atoms with E-state index >= 15 is 0 Å². The molecule has 3 aromatic rings. The summed E-state index contributed by atoms with van der Waals surface area (Å²) in [6, 6.07) is 13.9. The van der Waals surface area contributed by atoms with Gasteiger partial charge in [-0.2, -0.15) is 0 Å². The average Bonchev–Trinajstić information content (AvgIpc) is 3.02. The summed E-state index contributed by atoms with van der Waals surface area (Å²) in [5.74, 6) is 0.931. The van der Waals surface area contributed by atoms with Gasteiger partial charge >= 0.3 is 0 Å². The van der Waals surface area contributed by atoms with Gasteiger partial charge in [0.05, 0.1) is 6.04 Å². The molecule has 2 atom stereocenters. The molecule has 8 heteroatoms. The topological polar surface area (TPSA) is 80.0 Å². The largest absolute Gasteiger partial charge is 0.508 e. The molecule has 0 aliphatic carbocycles. The van der Waals surface area contributed by atoms with E-state index in [1.807, 2.05) is 43.3 Å². The van der Waals surface area contributed by atoms with Crippen LogP contribution >= 0.6 is 27.7 Å². The average molecular weight is 431 g/mol. The normalized spacial score (nSPS) is 18.8. The number of thioether (sulfide) groups is 1. The van der Waals surface area contributed by atoms with Crippen LogP contribution in [0.15, 0.2) is 58.2 Å². The summed E-state index contributed by atoms with van der Waals surface area (Å²) in [5, 5.41) is 18.1. The first-order chi connectivity index (χ1) is 12.5. The molecule has 0 fully saturated rings. The van der Waals surface area contributed by atoms with Crippen molar-refractivity contribution < 1.29 is 9.90 Å². The Bertz CT molecular complexity index is 956. The Morgan fingerprint density at radius 2 is 1.85 bits per heavy atom. The summed E-state index contributed by atoms with van der Waals surface area (Å²) < 4.78 is 2.72. The van der Waals surface area contributed by atoms with Crippen LogP contribution in [0.5, 0.6) is 5.75 Å². The highest BCUT2D eigenvalue weighted by Crippen LogP contribution is 2.39. The van der Waals surface area contributed by atoms with E-state index in [4.69, 9.17) is 0 Å². The Morgan fingerprint density at radius 1 is 1.15 bits per heavy atom. The van der Waals surface area contributed by atoms with E-state index < -0.39 is 5.25 Å². The molecule has 2 heterocycles. The van der Waals surface area contributed by atoms with Crippen LogP contribution in [0.4, 0.5) is 0 Å². The second-order valence-corrected chi connectivity index (χ2v) is 8.00. The molecule has 4 rings (SSSR count). The van der Waals surface area contributed by atoms with Crippen LogP contribution in [-0.2, 0) is 0 Å². The summed E-state index contributed by atoms with van der Waals surface area (Å²) in [7, 11) is 0. The minimum absolute atomic E-state index is 0.0139. The minimum Gasteiger partial charge on any atom is -0.508 e. The molecule has 1 aromatic heterocycles. The third kappa shape index (κ3) is 3.10. The fourth-order valence-corrected chi connectivity index (χ4v) is 4.34. The van der Waals surface area contributed by atoms with Crippen LogP contribution < -0.4 is 5.43 Å². The Hall–Kier alpha value is -2.32. The first-order valence-corrected chi connectivity index (χ1v) is 9.64. The molecule has 2 N–H and O–H groups in total. The van der Waals surface area contributed by atoms with Gasteiger partial charge in [0.25, 0.3) is 0 Å². The number of carbonyl (C=O) groups excluding carboxylic acids is 1. The molecule has 1 aliphatic rings. The number of phenolic OH excluding ortho intramolecular Hbond substituents is 1. The van der Waals surface area contributed by atoms with E-state index in [0.717, 1.165) is 15.9 Å². The lowest BCUT2D eigenvalue weighted by Gasteiger charge is -2.32. The Labute approximate surface area is 162 Å². The summed E-state index contributed by atoms with van der Waals surface area (Å²) >= 11 is 4.79. The zero-order valence-corrected chi connectivity index (χ0v) is 16.2. The lowest BCUT2D eigenvalue weighted by molar-refractivity contribution is 0.0980. The van der Waals surface area contributed by atoms with Crippen molar-refractivity contribution in [2.24, 2.45) is 0 Å². The van der Waals surface area contributed by atoms with E-state index in [-0.39, 0.29) is 17.6 Å². The molecule has 0 amide bonds. The number of rotatable bonds is 3. The summed E-state index contributed by atoms with van der Waals surface area (Å²) in [4.78, 5) is 13.2. The highest BCUT2D eigenvalue weighted by molar-refractivity contribution is 9.10. The van der Waals surface area contributed by atoms with E-state index in [9.17, 15) is 9.90 Å². The van der Waals surface area contributed by atoms with Crippen molar-refractivity contribution in [1.82, 2.24) is 14.9 Å². The number of ketones is 1. The van der Waals surface area contributed by atoms with Gasteiger partial charge in [-0.15, -0.1) is 10.2 Å². The zero-order valence-electron chi connectivity index (χ0n) is 13.8. The smallest absolute Gasteiger partial charge is 0.210 e. The molecular formula is C18H15BrN4O2S. The van der Waals surface area contributed by atoms with Crippen molar-refractivity contribution in [2.75, 3.05) is 5.43 Å². The molecule has 2 aromatic carbocycles. The van der Waals surface area contributed by atoms with Gasteiger partial charge in [0.2, 0.25) is 5.16 Å². The van der Waals surface area contributed by atoms with E-state index in [0.29, 0.717) is 10.7 Å². The number of hydrogen-bond acceptors (Lipinski definition) is 6. The number of phenols is 1. The maximum Gasteiger partial charge on any atom is 0.210 e. The minimum atomic E-state index is -0.406. The van der Waals surface area contributed by atoms with Crippen LogP contribution in [0.2, 0.25) is 0 Å². The zero-order chi connectivity index (χ0) is 18.3. The molecular weight excluding hydrogens is 416 g/mol. The van der Waals surface area contributed by atoms with Crippen LogP contribution in [0.25, 0.3) is 0 Å². The van der Waals surface area contributed by atoms with Gasteiger partial charge in [-0.1, -0.05) is 52.0 Å². The Balaban J connectivity index is 1.74. The van der Waals surface area contributed by atoms with Crippen LogP contribution in [0.1, 0.15) is 27.8 Å². The SMILES string of the molecule is Cc1nnc2n1N[C@H](c1ccc(O)cc1)[C@@H](C(=O)c1ccc(Br)cc1)S2. The highest BCUT2D eigenvalue weighted by atomic mass is 79.9. The molecule has 1 aliphatic heterocycles. The fourth-order valence-electron chi connectivity index (χ4n) is 2.87. The van der Waals surface area contributed by atoms with Crippen molar-refractivity contribution in [3.05, 3.63) is 70.0 Å². The second-order valence-electron chi connectivity index (χ2n) is 5.97. The fraction of sp³-hybridized carbons (Fsp3) is 0.167. The number of nitrogens with one attached hydrogen (secondary N) is 1. The number of nitrogens with zero attached hydrogens (tertiary/aromatic N) is 3. The van der Waals surface area contributed by atoms with Gasteiger partial charge in [0.15, 0.2) is 5.78 Å². The van der Waals surface area contributed by atoms with Crippen molar-refractivity contribution in [2.45, 2.75) is 23.4 Å². The third-order valence-corrected chi connectivity index (χ3v) is 5.98. The number of aromatic nitrogens is 3. The standard InChI is InChI=1S/C18H15BrN4O2S/c1-10-20-21-18-23(10)22-15(11-4-8-14(24)9-5-11)17(26-18)16(25)12-2-6-13(19)7-3-12/h2-9,15,17,22,24H,1H3/t15-,17+/m1/s1. The van der Waals surface area contributed by atoms with Crippen LogP contribution in [-0.4, -0.2) is 31.0 Å². The maximum atomic E-state index is 13.2. The van der Waals surface area contributed by atoms with Crippen LogP contribution in [0, 0.1) is 6.92 Å². The van der Waals surface area contributed by atoms with Gasteiger partial charge in [-0.05, 0) is 36.8 Å². The molecule has 0 bridgehead atoms. The highest BCUT2D eigenvalue weighted by Gasteiger charge is 2.37. The molecule has 0 unspecified atom stereocenters. The van der Waals surface area contributed by atoms with Crippen molar-refractivity contribution >= 4 is 33.5 Å². The number of carbonyl (C=O) groups is 1. The van der Waals surface area contributed by atoms with Gasteiger partial charge < -0.3 is 10.5 Å². The Morgan fingerprint density at radius 3 is 2.54 bits per heavy atom. The Kier molecular flexibility index (Phi) is 4.46. The number of aromatic hydroxyl groups is 1. The quantitative estimate of drug-likeness (QED) is 0.616. The monoisotopic (exact) mass is 430 g/mol. The molecule has 6 nitrogen and oxygen atoms in total. The summed E-state index contributed by atoms with van der Waals surface area (Å²) in [5.41, 5.74) is 4.90. The van der Waals surface area contributed by atoms with Gasteiger partial charge in [-0.3, -0.25) is 4.79 Å². The first kappa shape index (κ1) is 17.1. The molecule has 132 valence electrons. The number of hydrogen-bond donors (Lipinski definition) is 2. The number of halogens is 1. The number of benzene rings is 2. The molecule has 0 saturated heterocycles. The predicted octanol–water partition coefficient (Wildman–Crippen LogP) is 3.70. The lowest BCUT2D eigenvalue weighted by Crippen LogP contribution is -2.39. The maximum absolute atomic E-state index is 13.2. The lowest BCUT2D eigenvalue weighted by atomic mass is 9.97. The molecule has 0 saturated carbocycles. The molecule has 0 radical (unpaired) electrons. The van der Waals surface area contributed by atoms with Crippen molar-refractivity contribution in [1.29, 1.82) is 0 Å². The van der Waals surface area contributed by atoms with Gasteiger partial charge in [0.1, 0.15) is 16.8 Å². The molecule has 0 spiro atoms. The second kappa shape index (κ2) is 6.77. The summed E-state index contributed by atoms with van der Waals surface area (Å²) in [6.45, 7) is 1.86. The third-order valence-electron chi connectivity index (χ3n) is 4.24. The number of fused-ring (bicyclic) bond motifs is 1. The van der Waals surface area contributed by atoms with Crippen molar-refractivity contribution in [3.63, 3.8) is 0 Å². The molecule has 26 heavy (non-hydrogen) atoms. The van der Waals surface area contributed by atoms with E-state index in [1.54, 1.807) is 16.8 Å². The van der Waals surface area contributed by atoms with E-state index in [1.165, 1.54) is 11.8 Å². The number of Topliss-reactive ketones (excluding diaryl/α,β-unsaturated/α-hetero) is 1. The van der Waals surface area contributed by atoms with E-state index in [2.05, 4.69) is 31.6 Å². The van der Waals surface area contributed by atoms with Crippen LogP contribution in [0.3, 0.4) is 0 Å². The van der Waals surface area contributed by atoms with Crippen molar-refractivity contribution in [3.8, 4) is 5.75 Å². The summed E-state index contributed by atoms with van der Waals surface area (Å²) in [6.07, 6.45) is 0. The van der Waals surface area contributed by atoms with Gasteiger partial charge in [0, 0.05) is 10.0 Å². The number of aryl methyl sites for hydroxylation is 1. The van der Waals surface area contributed by atoms with Gasteiger partial charge in [-0.25, -0.2) is 4.68 Å². The first-order valence-electron chi connectivity index (χ1n) is 7.97.